The van der Waals surface area contributed by atoms with Crippen molar-refractivity contribution in [2.45, 2.75) is 45.9 Å². The van der Waals surface area contributed by atoms with E-state index in [1.165, 1.54) is 43.5 Å². The molecule has 364 valence electrons. The number of ether oxygens (including phenoxy) is 2. The Balaban J connectivity index is 1.06. The van der Waals surface area contributed by atoms with Gasteiger partial charge in [-0.1, -0.05) is 18.2 Å². The lowest BCUT2D eigenvalue weighted by atomic mass is 10.1. The summed E-state index contributed by atoms with van der Waals surface area (Å²) >= 11 is 0. The second kappa shape index (κ2) is 21.6. The first kappa shape index (κ1) is 50.7. The zero-order valence-electron chi connectivity index (χ0n) is 39.0. The molecule has 0 aliphatic rings. The number of hydrogen-bond acceptors (Lipinski definition) is 18. The Kier molecular flexibility index (Phi) is 15.4. The van der Waals surface area contributed by atoms with Crippen molar-refractivity contribution in [3.05, 3.63) is 137 Å². The van der Waals surface area contributed by atoms with Gasteiger partial charge in [-0.05, 0) is 153 Å². The maximum atomic E-state index is 11.9. The summed E-state index contributed by atoms with van der Waals surface area (Å²) in [7, 11) is -7.37. The van der Waals surface area contributed by atoms with Crippen LogP contribution in [0.2, 0.25) is 0 Å². The van der Waals surface area contributed by atoms with E-state index in [2.05, 4.69) is 51.1 Å². The molecule has 0 aromatic heterocycles. The summed E-state index contributed by atoms with van der Waals surface area (Å²) in [4.78, 5) is -0.429. The number of aryl methyl sites for hydroxylation is 5. The van der Waals surface area contributed by atoms with Gasteiger partial charge < -0.3 is 19.7 Å². The van der Waals surface area contributed by atoms with Crippen LogP contribution in [0.1, 0.15) is 34.2 Å². The van der Waals surface area contributed by atoms with Gasteiger partial charge in [0.05, 0.1) is 59.3 Å². The molecule has 0 aliphatic carbocycles. The third kappa shape index (κ3) is 12.9. The number of phenols is 2. The molecule has 0 unspecified atom stereocenters. The molecule has 0 atom stereocenters. The number of hydrogen-bond donors (Lipinski definition) is 4. The topological polar surface area (TPSA) is 291 Å². The molecule has 0 radical (unpaired) electrons. The molecule has 0 fully saturated rings. The molecule has 7 aromatic carbocycles. The molecule has 0 aliphatic heterocycles. The highest BCUT2D eigenvalue weighted by atomic mass is 32.2. The minimum Gasteiger partial charge on any atom is -0.505 e. The summed E-state index contributed by atoms with van der Waals surface area (Å²) in [6, 6.07) is 29.3. The van der Waals surface area contributed by atoms with Gasteiger partial charge in [0.1, 0.15) is 27.7 Å². The van der Waals surface area contributed by atoms with Crippen LogP contribution < -0.4 is 9.47 Å². The molecule has 7 aromatic rings. The molecule has 20 nitrogen and oxygen atoms in total. The first-order valence-corrected chi connectivity index (χ1v) is 24.5. The normalized spacial score (nSPS) is 12.5. The lowest BCUT2D eigenvalue weighted by Crippen LogP contribution is -2.08. The Morgan fingerprint density at radius 2 is 0.958 bits per heavy atom. The molecule has 0 heterocycles. The van der Waals surface area contributed by atoms with Crippen LogP contribution in [0, 0.1) is 34.6 Å². The highest BCUT2D eigenvalue weighted by molar-refractivity contribution is 7.86. The fourth-order valence-corrected chi connectivity index (χ4v) is 7.96. The molecular formula is C49H46N10O10S2. The number of azo groups is 5. The molecule has 0 amide bonds. The zero-order chi connectivity index (χ0) is 51.0. The van der Waals surface area contributed by atoms with E-state index in [0.29, 0.717) is 50.5 Å². The van der Waals surface area contributed by atoms with Gasteiger partial charge in [-0.2, -0.15) is 52.6 Å². The number of benzene rings is 7. The quantitative estimate of drug-likeness (QED) is 0.0380. The summed E-state index contributed by atoms with van der Waals surface area (Å²) in [6.45, 7) is 9.03. The van der Waals surface area contributed by atoms with E-state index in [-0.39, 0.29) is 58.8 Å². The predicted molar refractivity (Wildman–Crippen MR) is 267 cm³/mol. The van der Waals surface area contributed by atoms with Crippen molar-refractivity contribution < 1.29 is 45.6 Å². The number of rotatable bonds is 17. The first-order chi connectivity index (χ1) is 33.8. The van der Waals surface area contributed by atoms with Crippen molar-refractivity contribution >= 4 is 87.9 Å². The number of nitrogens with zero attached hydrogens (tertiary/aromatic N) is 10. The third-order valence-electron chi connectivity index (χ3n) is 10.7. The maximum Gasteiger partial charge on any atom is 0.296 e. The van der Waals surface area contributed by atoms with Crippen LogP contribution in [0.5, 0.6) is 23.0 Å². The van der Waals surface area contributed by atoms with Crippen molar-refractivity contribution in [1.29, 1.82) is 0 Å². The third-order valence-corrected chi connectivity index (χ3v) is 12.4. The van der Waals surface area contributed by atoms with Crippen molar-refractivity contribution in [2.75, 3.05) is 19.5 Å². The SMILES string of the molecule is COc1cc(N=Nc2ccc3c(O)c(N=Nc4cc(C)c(N=Nc5cc(C)c(N=Nc6cc(C)c(N=Nc7ccccc7S(=O)(=O)O)cc6OCCCS(=O)(=O)O)cc5C)cc4C)ccc3c2)ccc1O. The molecule has 4 N–H and O–H groups in total. The largest absolute Gasteiger partial charge is 0.505 e. The van der Waals surface area contributed by atoms with Gasteiger partial charge in [-0.15, -0.1) is 15.3 Å². The fraction of sp³-hybridized carbons (Fsp3) is 0.184. The Morgan fingerprint density at radius 3 is 1.51 bits per heavy atom. The summed E-state index contributed by atoms with van der Waals surface area (Å²) in [5.41, 5.74) is 7.62. The average molecular weight is 999 g/mol. The first-order valence-electron chi connectivity index (χ1n) is 21.5. The Bertz CT molecular complexity index is 3580. The molecule has 0 saturated heterocycles. The summed E-state index contributed by atoms with van der Waals surface area (Å²) in [6.07, 6.45) is -0.0388. The molecule has 0 spiro atoms. The molecule has 0 saturated carbocycles. The standard InChI is InChI=1S/C49H46N10O10S2/c1-28-21-40(29(2)20-39(28)54-53-38-16-12-33-25-34(13-15-36(33)49(38)61)50-51-35-14-17-45(60)47(26-35)68-6)55-56-41-22-31(4)42(23-30(41)3)57-59-44-24-32(5)43(27-46(44)69-18-9-19-70(62,63)64)58-52-37-10-7-8-11-48(37)71(65,66)67/h7-8,10-17,20-27,60-61H,9,18-19H2,1-6H3,(H,62,63,64)(H,65,66,67). The van der Waals surface area contributed by atoms with Gasteiger partial charge in [-0.25, -0.2) is 0 Å². The van der Waals surface area contributed by atoms with E-state index < -0.39 is 30.9 Å². The number of methoxy groups -OCH3 is 1. The second-order valence-electron chi connectivity index (χ2n) is 16.1. The van der Waals surface area contributed by atoms with Gasteiger partial charge in [0.2, 0.25) is 0 Å². The van der Waals surface area contributed by atoms with Crippen molar-refractivity contribution in [3.8, 4) is 23.0 Å². The smallest absolute Gasteiger partial charge is 0.296 e. The van der Waals surface area contributed by atoms with Crippen LogP contribution in [0.15, 0.2) is 165 Å². The zero-order valence-corrected chi connectivity index (χ0v) is 40.7. The maximum absolute atomic E-state index is 11.9. The van der Waals surface area contributed by atoms with Gasteiger partial charge in [0.15, 0.2) is 17.2 Å². The fourth-order valence-electron chi connectivity index (χ4n) is 6.85. The van der Waals surface area contributed by atoms with E-state index in [1.54, 1.807) is 61.5 Å². The summed E-state index contributed by atoms with van der Waals surface area (Å²) < 4.78 is 76.2. The summed E-state index contributed by atoms with van der Waals surface area (Å²) in [5, 5.41) is 65.8. The number of phenolic OH excluding ortho intramolecular Hbond substituents is 2. The van der Waals surface area contributed by atoms with E-state index in [1.807, 2.05) is 45.9 Å². The van der Waals surface area contributed by atoms with Crippen LogP contribution in [-0.2, 0) is 20.2 Å². The highest BCUT2D eigenvalue weighted by Gasteiger charge is 2.17. The molecule has 71 heavy (non-hydrogen) atoms. The van der Waals surface area contributed by atoms with Crippen molar-refractivity contribution in [2.24, 2.45) is 51.1 Å². The van der Waals surface area contributed by atoms with Gasteiger partial charge in [0.25, 0.3) is 20.2 Å². The number of aromatic hydroxyl groups is 2. The van der Waals surface area contributed by atoms with Gasteiger partial charge in [0, 0.05) is 17.5 Å². The van der Waals surface area contributed by atoms with Gasteiger partial charge in [-0.3, -0.25) is 9.11 Å². The lowest BCUT2D eigenvalue weighted by Gasteiger charge is -2.11. The molecule has 7 rings (SSSR count). The van der Waals surface area contributed by atoms with Gasteiger partial charge >= 0.3 is 0 Å². The predicted octanol–water partition coefficient (Wildman–Crippen LogP) is 14.8. The minimum atomic E-state index is -4.58. The van der Waals surface area contributed by atoms with E-state index in [9.17, 15) is 36.2 Å². The van der Waals surface area contributed by atoms with Crippen LogP contribution >= 0.6 is 0 Å². The van der Waals surface area contributed by atoms with E-state index >= 15 is 0 Å². The van der Waals surface area contributed by atoms with Crippen molar-refractivity contribution in [3.63, 3.8) is 0 Å². The molecular weight excluding hydrogens is 953 g/mol. The summed E-state index contributed by atoms with van der Waals surface area (Å²) in [5.74, 6) is -0.146. The van der Waals surface area contributed by atoms with Crippen LogP contribution in [-0.4, -0.2) is 55.6 Å². The highest BCUT2D eigenvalue weighted by Crippen LogP contribution is 2.41. The van der Waals surface area contributed by atoms with Crippen LogP contribution in [0.4, 0.5) is 56.9 Å². The second-order valence-corrected chi connectivity index (χ2v) is 19.0. The Hall–Kier alpha value is -8.18. The Labute approximate surface area is 408 Å². The molecule has 22 heteroatoms. The monoisotopic (exact) mass is 998 g/mol. The van der Waals surface area contributed by atoms with Crippen LogP contribution in [0.3, 0.4) is 0 Å². The van der Waals surface area contributed by atoms with Crippen LogP contribution in [0.25, 0.3) is 10.8 Å². The molecule has 0 bridgehead atoms. The van der Waals surface area contributed by atoms with E-state index in [4.69, 9.17) is 9.47 Å². The number of fused-ring (bicyclic) bond motifs is 1. The minimum absolute atomic E-state index is 0.00256. The van der Waals surface area contributed by atoms with Crippen molar-refractivity contribution in [1.82, 2.24) is 0 Å². The Morgan fingerprint density at radius 1 is 0.479 bits per heavy atom. The van der Waals surface area contributed by atoms with E-state index in [0.717, 1.165) is 22.3 Å². The lowest BCUT2D eigenvalue weighted by molar-refractivity contribution is 0.317. The average Bonchev–Trinajstić information content (AvgIpc) is 3.32.